The van der Waals surface area contributed by atoms with Gasteiger partial charge in [-0.1, -0.05) is 20.3 Å². The van der Waals surface area contributed by atoms with Crippen LogP contribution in [0.2, 0.25) is 0 Å². The van der Waals surface area contributed by atoms with E-state index in [0.717, 1.165) is 25.9 Å². The van der Waals surface area contributed by atoms with Crippen LogP contribution in [0.5, 0.6) is 0 Å². The first kappa shape index (κ1) is 11.5. The number of nitrogens with zero attached hydrogens (tertiary/aromatic N) is 1. The predicted octanol–water partition coefficient (Wildman–Crippen LogP) is 2.29. The van der Waals surface area contributed by atoms with Crippen LogP contribution < -0.4 is 0 Å². The Bertz CT molecular complexity index is 130. The minimum Gasteiger partial charge on any atom is -0.343 e. The molecule has 0 bridgehead atoms. The Morgan fingerprint density at radius 1 is 1.25 bits per heavy atom. The molecule has 0 heterocycles. The van der Waals surface area contributed by atoms with E-state index < -0.39 is 0 Å². The molecule has 0 N–H and O–H groups in total. The van der Waals surface area contributed by atoms with Crippen molar-refractivity contribution in [1.29, 1.82) is 0 Å². The number of hydrogen-bond donors (Lipinski definition) is 0. The van der Waals surface area contributed by atoms with Crippen molar-refractivity contribution in [3.05, 3.63) is 0 Å². The monoisotopic (exact) mass is 171 g/mol. The minimum absolute atomic E-state index is 0.204. The van der Waals surface area contributed by atoms with Crippen molar-refractivity contribution in [3.8, 4) is 0 Å². The molecule has 0 aliphatic rings. The molecule has 0 saturated heterocycles. The van der Waals surface area contributed by atoms with Crippen molar-refractivity contribution in [2.24, 2.45) is 5.92 Å². The fourth-order valence-corrected chi connectivity index (χ4v) is 1.40. The maximum atomic E-state index is 11.6. The molecule has 0 radical (unpaired) electrons. The van der Waals surface area contributed by atoms with E-state index in [1.54, 1.807) is 0 Å². The second-order valence-electron chi connectivity index (χ2n) is 3.20. The molecular formula is C10H21NO. The lowest BCUT2D eigenvalue weighted by molar-refractivity contribution is -0.134. The molecule has 0 aromatic heterocycles. The summed E-state index contributed by atoms with van der Waals surface area (Å²) >= 11 is 0. The van der Waals surface area contributed by atoms with Crippen LogP contribution in [0.1, 0.15) is 40.5 Å². The molecule has 72 valence electrons. The number of carbonyl (C=O) groups is 1. The smallest absolute Gasteiger partial charge is 0.225 e. The Labute approximate surface area is 75.9 Å². The third-order valence-electron chi connectivity index (χ3n) is 2.22. The average Bonchev–Trinajstić information content (AvgIpc) is 2.07. The molecule has 0 aliphatic carbocycles. The number of hydrogen-bond acceptors (Lipinski definition) is 1. The maximum absolute atomic E-state index is 11.6. The molecule has 0 aromatic carbocycles. The highest BCUT2D eigenvalue weighted by Crippen LogP contribution is 2.08. The van der Waals surface area contributed by atoms with Gasteiger partial charge in [0.1, 0.15) is 0 Å². The molecule has 0 aromatic rings. The van der Waals surface area contributed by atoms with E-state index in [0.29, 0.717) is 5.91 Å². The van der Waals surface area contributed by atoms with Gasteiger partial charge in [0.2, 0.25) is 5.91 Å². The van der Waals surface area contributed by atoms with Crippen molar-refractivity contribution in [3.63, 3.8) is 0 Å². The van der Waals surface area contributed by atoms with Gasteiger partial charge < -0.3 is 4.90 Å². The van der Waals surface area contributed by atoms with Crippen LogP contribution >= 0.6 is 0 Å². The zero-order valence-corrected chi connectivity index (χ0v) is 8.76. The molecule has 0 spiro atoms. The van der Waals surface area contributed by atoms with Gasteiger partial charge in [-0.15, -0.1) is 0 Å². The Morgan fingerprint density at radius 2 is 1.75 bits per heavy atom. The van der Waals surface area contributed by atoms with Crippen LogP contribution in [-0.4, -0.2) is 23.9 Å². The summed E-state index contributed by atoms with van der Waals surface area (Å²) in [6.45, 7) is 9.86. The van der Waals surface area contributed by atoms with Crippen LogP contribution in [0, 0.1) is 5.92 Å². The zero-order chi connectivity index (χ0) is 9.56. The van der Waals surface area contributed by atoms with Gasteiger partial charge in [0, 0.05) is 19.0 Å². The topological polar surface area (TPSA) is 20.3 Å². The summed E-state index contributed by atoms with van der Waals surface area (Å²) < 4.78 is 0. The second kappa shape index (κ2) is 6.04. The van der Waals surface area contributed by atoms with Gasteiger partial charge in [0.05, 0.1) is 0 Å². The van der Waals surface area contributed by atoms with Crippen LogP contribution in [0.25, 0.3) is 0 Å². The van der Waals surface area contributed by atoms with E-state index in [2.05, 4.69) is 6.92 Å². The summed E-state index contributed by atoms with van der Waals surface area (Å²) in [5.41, 5.74) is 0. The Balaban J connectivity index is 3.97. The first-order chi connectivity index (χ1) is 5.67. The SMILES string of the molecule is CCCC(C)C(=O)N(CC)CC. The number of carbonyl (C=O) groups excluding carboxylic acids is 1. The van der Waals surface area contributed by atoms with Gasteiger partial charge in [-0.05, 0) is 20.3 Å². The number of rotatable bonds is 5. The fourth-order valence-electron chi connectivity index (χ4n) is 1.40. The highest BCUT2D eigenvalue weighted by molar-refractivity contribution is 5.78. The third kappa shape index (κ3) is 3.24. The summed E-state index contributed by atoms with van der Waals surface area (Å²) in [6, 6.07) is 0. The molecule has 1 unspecified atom stereocenters. The highest BCUT2D eigenvalue weighted by atomic mass is 16.2. The molecule has 12 heavy (non-hydrogen) atoms. The van der Waals surface area contributed by atoms with Gasteiger partial charge in [0.25, 0.3) is 0 Å². The lowest BCUT2D eigenvalue weighted by atomic mass is 10.0. The van der Waals surface area contributed by atoms with Crippen molar-refractivity contribution >= 4 is 5.91 Å². The van der Waals surface area contributed by atoms with E-state index in [1.807, 2.05) is 25.7 Å². The predicted molar refractivity (Wildman–Crippen MR) is 52.0 cm³/mol. The lowest BCUT2D eigenvalue weighted by Crippen LogP contribution is -2.34. The van der Waals surface area contributed by atoms with Gasteiger partial charge >= 0.3 is 0 Å². The van der Waals surface area contributed by atoms with Crippen molar-refractivity contribution in [2.45, 2.75) is 40.5 Å². The molecular weight excluding hydrogens is 150 g/mol. The fraction of sp³-hybridized carbons (Fsp3) is 0.900. The molecule has 0 fully saturated rings. The summed E-state index contributed by atoms with van der Waals surface area (Å²) in [5.74, 6) is 0.511. The molecule has 1 amide bonds. The normalized spacial score (nSPS) is 12.7. The Morgan fingerprint density at radius 3 is 2.08 bits per heavy atom. The van der Waals surface area contributed by atoms with Crippen LogP contribution in [0.15, 0.2) is 0 Å². The van der Waals surface area contributed by atoms with Crippen LogP contribution in [0.3, 0.4) is 0 Å². The molecule has 2 heteroatoms. The highest BCUT2D eigenvalue weighted by Gasteiger charge is 2.16. The van der Waals surface area contributed by atoms with Gasteiger partial charge in [-0.3, -0.25) is 4.79 Å². The Kier molecular flexibility index (Phi) is 5.77. The second-order valence-corrected chi connectivity index (χ2v) is 3.20. The van der Waals surface area contributed by atoms with E-state index in [9.17, 15) is 4.79 Å². The Hall–Kier alpha value is -0.530. The molecule has 0 saturated carbocycles. The lowest BCUT2D eigenvalue weighted by Gasteiger charge is -2.22. The van der Waals surface area contributed by atoms with Gasteiger partial charge in [0.15, 0.2) is 0 Å². The van der Waals surface area contributed by atoms with Crippen molar-refractivity contribution in [2.75, 3.05) is 13.1 Å². The molecule has 2 nitrogen and oxygen atoms in total. The summed E-state index contributed by atoms with van der Waals surface area (Å²) in [4.78, 5) is 13.5. The van der Waals surface area contributed by atoms with Crippen molar-refractivity contribution in [1.82, 2.24) is 4.90 Å². The van der Waals surface area contributed by atoms with E-state index in [1.165, 1.54) is 0 Å². The largest absolute Gasteiger partial charge is 0.343 e. The summed E-state index contributed by atoms with van der Waals surface area (Å²) in [7, 11) is 0. The number of amides is 1. The van der Waals surface area contributed by atoms with Gasteiger partial charge in [-0.25, -0.2) is 0 Å². The quantitative estimate of drug-likeness (QED) is 0.621. The third-order valence-corrected chi connectivity index (χ3v) is 2.22. The van der Waals surface area contributed by atoms with E-state index in [-0.39, 0.29) is 5.92 Å². The van der Waals surface area contributed by atoms with Gasteiger partial charge in [-0.2, -0.15) is 0 Å². The molecule has 0 rings (SSSR count). The standard InChI is InChI=1S/C10H21NO/c1-5-8-9(4)10(12)11(6-2)7-3/h9H,5-8H2,1-4H3. The van der Waals surface area contributed by atoms with Crippen molar-refractivity contribution < 1.29 is 4.79 Å². The molecule has 0 aliphatic heterocycles. The summed E-state index contributed by atoms with van der Waals surface area (Å²) in [6.07, 6.45) is 2.10. The van der Waals surface area contributed by atoms with Crippen LogP contribution in [-0.2, 0) is 4.79 Å². The zero-order valence-electron chi connectivity index (χ0n) is 8.76. The molecule has 1 atom stereocenters. The average molecular weight is 171 g/mol. The van der Waals surface area contributed by atoms with E-state index in [4.69, 9.17) is 0 Å². The summed E-state index contributed by atoms with van der Waals surface area (Å²) in [5, 5.41) is 0. The first-order valence-corrected chi connectivity index (χ1v) is 4.96. The minimum atomic E-state index is 0.204. The van der Waals surface area contributed by atoms with E-state index >= 15 is 0 Å². The maximum Gasteiger partial charge on any atom is 0.225 e. The first-order valence-electron chi connectivity index (χ1n) is 4.96. The van der Waals surface area contributed by atoms with Crippen LogP contribution in [0.4, 0.5) is 0 Å².